The van der Waals surface area contributed by atoms with Gasteiger partial charge in [-0.25, -0.2) is 9.78 Å². The van der Waals surface area contributed by atoms with Crippen LogP contribution in [-0.4, -0.2) is 84.6 Å². The fourth-order valence-electron chi connectivity index (χ4n) is 3.22. The standard InChI is InChI=1S/C19H15N7O6S4/c1-2-3-32-25-11(10-6-34-18(22-10)20-7-27)14(28)23-12-15(29)26-13(17(30)31)9(4-33-16(12)26)5-35-19-24-21-8-36-19/h1,6-8,12,16H,3-5H2,(H,23,28)(H,30,31)(H,20,22,27)/t12?,16-/m0/s1. The van der Waals surface area contributed by atoms with E-state index in [0.717, 1.165) is 11.3 Å². The topological polar surface area (TPSA) is 176 Å². The molecule has 3 N–H and O–H groups in total. The Balaban J connectivity index is 1.49. The number of nitrogens with zero attached hydrogens (tertiary/aromatic N) is 5. The van der Waals surface area contributed by atoms with Gasteiger partial charge in [0.1, 0.15) is 28.3 Å². The largest absolute Gasteiger partial charge is 0.477 e. The fourth-order valence-corrected chi connectivity index (χ4v) is 6.84. The predicted octanol–water partition coefficient (Wildman–Crippen LogP) is 0.448. The molecular weight excluding hydrogens is 551 g/mol. The van der Waals surface area contributed by atoms with Crippen molar-refractivity contribution < 1.29 is 29.1 Å². The number of aromatic nitrogens is 3. The van der Waals surface area contributed by atoms with E-state index >= 15 is 0 Å². The molecule has 0 radical (unpaired) electrons. The number of anilines is 1. The monoisotopic (exact) mass is 565 g/mol. The van der Waals surface area contributed by atoms with Crippen LogP contribution in [0.25, 0.3) is 0 Å². The van der Waals surface area contributed by atoms with Crippen LogP contribution >= 0.6 is 46.2 Å². The maximum atomic E-state index is 13.0. The Bertz CT molecular complexity index is 1290. The number of hydrogen-bond donors (Lipinski definition) is 3. The number of fused-ring (bicyclic) bond motifs is 1. The third-order valence-electron chi connectivity index (χ3n) is 4.69. The van der Waals surface area contributed by atoms with E-state index < -0.39 is 29.2 Å². The Hall–Kier alpha value is -3.46. The molecule has 3 amide bonds. The number of β-lactam (4-membered cyclic amide) rings is 1. The quantitative estimate of drug-likeness (QED) is 0.0656. The first kappa shape index (κ1) is 25.6. The zero-order valence-electron chi connectivity index (χ0n) is 17.9. The molecule has 186 valence electrons. The number of carboxylic acids is 1. The Morgan fingerprint density at radius 3 is 2.97 bits per heavy atom. The molecule has 2 aliphatic heterocycles. The second kappa shape index (κ2) is 11.5. The van der Waals surface area contributed by atoms with Crippen molar-refractivity contribution in [3.05, 3.63) is 27.9 Å². The molecule has 2 atom stereocenters. The molecule has 0 saturated carbocycles. The molecule has 0 bridgehead atoms. The number of carbonyl (C=O) groups excluding carboxylic acids is 3. The van der Waals surface area contributed by atoms with Gasteiger partial charge in [0.05, 0.1) is 0 Å². The van der Waals surface area contributed by atoms with Crippen molar-refractivity contribution in [1.82, 2.24) is 25.4 Å². The zero-order valence-corrected chi connectivity index (χ0v) is 21.2. The minimum Gasteiger partial charge on any atom is -0.477 e. The minimum absolute atomic E-state index is 0.0958. The second-order valence-corrected chi connectivity index (χ2v) is 10.8. The average Bonchev–Trinajstić information content (AvgIpc) is 3.55. The van der Waals surface area contributed by atoms with E-state index in [2.05, 4.69) is 36.9 Å². The molecule has 2 aliphatic rings. The Kier molecular flexibility index (Phi) is 8.20. The van der Waals surface area contributed by atoms with Crippen LogP contribution in [0, 0.1) is 12.3 Å². The molecule has 17 heteroatoms. The lowest BCUT2D eigenvalue weighted by Gasteiger charge is -2.49. The number of thiazole rings is 1. The molecule has 0 spiro atoms. The molecule has 0 aromatic carbocycles. The summed E-state index contributed by atoms with van der Waals surface area (Å²) in [5.41, 5.74) is 1.90. The van der Waals surface area contributed by atoms with Crippen LogP contribution in [0.4, 0.5) is 5.13 Å². The Labute approximate surface area is 219 Å². The SMILES string of the molecule is C#CCON=C(C(=O)NC1C(=O)N2C(C(=O)O)=C(CSc3nncs3)CS[C@@H]12)c1csc(NC=O)n1. The van der Waals surface area contributed by atoms with E-state index in [1.54, 1.807) is 5.51 Å². The summed E-state index contributed by atoms with van der Waals surface area (Å²) < 4.78 is 0.687. The third kappa shape index (κ3) is 5.36. The van der Waals surface area contributed by atoms with Crippen molar-refractivity contribution in [2.45, 2.75) is 15.8 Å². The fraction of sp³-hybridized carbons (Fsp3) is 0.263. The minimum atomic E-state index is -1.23. The van der Waals surface area contributed by atoms with Gasteiger partial charge in [-0.2, -0.15) is 0 Å². The van der Waals surface area contributed by atoms with Crippen molar-refractivity contribution in [2.24, 2.45) is 5.16 Å². The highest BCUT2D eigenvalue weighted by atomic mass is 32.2. The van der Waals surface area contributed by atoms with Crippen molar-refractivity contribution >= 4 is 81.2 Å². The Morgan fingerprint density at radius 1 is 1.44 bits per heavy atom. The summed E-state index contributed by atoms with van der Waals surface area (Å²) in [6.45, 7) is -0.209. The van der Waals surface area contributed by atoms with Crippen LogP contribution in [0.1, 0.15) is 5.69 Å². The van der Waals surface area contributed by atoms with Gasteiger partial charge < -0.3 is 20.6 Å². The number of hydrogen-bond acceptors (Lipinski definition) is 13. The molecule has 1 unspecified atom stereocenters. The van der Waals surface area contributed by atoms with Gasteiger partial charge in [0.2, 0.25) is 6.41 Å². The number of oxime groups is 1. The van der Waals surface area contributed by atoms with E-state index in [-0.39, 0.29) is 28.8 Å². The number of carboxylic acid groups (broad SMARTS) is 1. The summed E-state index contributed by atoms with van der Waals surface area (Å²) in [6, 6.07) is -0.988. The molecule has 13 nitrogen and oxygen atoms in total. The van der Waals surface area contributed by atoms with Gasteiger partial charge in [0.25, 0.3) is 11.8 Å². The van der Waals surface area contributed by atoms with E-state index in [1.165, 1.54) is 45.1 Å². The van der Waals surface area contributed by atoms with Crippen LogP contribution in [0.15, 0.2) is 31.7 Å². The van der Waals surface area contributed by atoms with Gasteiger partial charge in [-0.05, 0) is 5.57 Å². The molecule has 36 heavy (non-hydrogen) atoms. The second-order valence-electron chi connectivity index (χ2n) is 6.83. The van der Waals surface area contributed by atoms with Crippen LogP contribution in [-0.2, 0) is 24.0 Å². The first-order valence-corrected chi connectivity index (χ1v) is 13.6. The number of carbonyl (C=O) groups is 4. The molecule has 1 fully saturated rings. The molecule has 2 aromatic heterocycles. The van der Waals surface area contributed by atoms with E-state index in [9.17, 15) is 24.3 Å². The van der Waals surface area contributed by atoms with E-state index in [1.807, 2.05) is 0 Å². The normalized spacial score (nSPS) is 19.1. The highest BCUT2D eigenvalue weighted by Crippen LogP contribution is 2.41. The van der Waals surface area contributed by atoms with Crippen molar-refractivity contribution in [3.63, 3.8) is 0 Å². The highest BCUT2D eigenvalue weighted by Gasteiger charge is 2.54. The third-order valence-corrected chi connectivity index (χ3v) is 8.75. The summed E-state index contributed by atoms with van der Waals surface area (Å²) in [7, 11) is 0. The lowest BCUT2D eigenvalue weighted by molar-refractivity contribution is -0.150. The number of nitrogens with one attached hydrogen (secondary N) is 2. The predicted molar refractivity (Wildman–Crippen MR) is 133 cm³/mol. The molecule has 2 aromatic rings. The number of thioether (sulfide) groups is 2. The van der Waals surface area contributed by atoms with Gasteiger partial charge in [-0.1, -0.05) is 34.2 Å². The summed E-state index contributed by atoms with van der Waals surface area (Å²) >= 11 is 5.06. The summed E-state index contributed by atoms with van der Waals surface area (Å²) in [4.78, 5) is 58.9. The van der Waals surface area contributed by atoms with Crippen LogP contribution in [0.2, 0.25) is 0 Å². The van der Waals surface area contributed by atoms with Crippen molar-refractivity contribution in [3.8, 4) is 12.3 Å². The maximum absolute atomic E-state index is 13.0. The van der Waals surface area contributed by atoms with E-state index in [0.29, 0.717) is 27.8 Å². The number of amides is 3. The van der Waals surface area contributed by atoms with Gasteiger partial charge >= 0.3 is 5.97 Å². The van der Waals surface area contributed by atoms with Gasteiger partial charge in [-0.3, -0.25) is 19.3 Å². The zero-order chi connectivity index (χ0) is 25.7. The first-order chi connectivity index (χ1) is 17.4. The molecular formula is C19H15N7O6S4. The van der Waals surface area contributed by atoms with Crippen molar-refractivity contribution in [2.75, 3.05) is 23.4 Å². The van der Waals surface area contributed by atoms with Crippen LogP contribution in [0.3, 0.4) is 0 Å². The van der Waals surface area contributed by atoms with Crippen molar-refractivity contribution in [1.29, 1.82) is 0 Å². The molecule has 4 heterocycles. The number of terminal acetylenes is 1. The lowest BCUT2D eigenvalue weighted by atomic mass is 10.0. The molecule has 4 rings (SSSR count). The highest BCUT2D eigenvalue weighted by molar-refractivity contribution is 8.01. The maximum Gasteiger partial charge on any atom is 0.352 e. The number of aliphatic carboxylic acids is 1. The summed E-state index contributed by atoms with van der Waals surface area (Å²) in [5, 5.41) is 27.3. The van der Waals surface area contributed by atoms with Crippen LogP contribution in [0.5, 0.6) is 0 Å². The Morgan fingerprint density at radius 2 is 2.28 bits per heavy atom. The summed E-state index contributed by atoms with van der Waals surface area (Å²) in [5.74, 6) is 0.337. The van der Waals surface area contributed by atoms with Gasteiger partial charge in [0, 0.05) is 16.9 Å². The number of rotatable bonds is 11. The van der Waals surface area contributed by atoms with Gasteiger partial charge in [0.15, 0.2) is 21.8 Å². The van der Waals surface area contributed by atoms with E-state index in [4.69, 9.17) is 11.3 Å². The van der Waals surface area contributed by atoms with Crippen LogP contribution < -0.4 is 10.6 Å². The summed E-state index contributed by atoms with van der Waals surface area (Å²) in [6.07, 6.45) is 5.59. The smallest absolute Gasteiger partial charge is 0.352 e. The molecule has 1 saturated heterocycles. The van der Waals surface area contributed by atoms with Gasteiger partial charge in [-0.15, -0.1) is 39.7 Å². The average molecular weight is 566 g/mol. The lowest BCUT2D eigenvalue weighted by Crippen LogP contribution is -2.71. The molecule has 0 aliphatic carbocycles. The first-order valence-electron chi connectivity index (χ1n) is 9.84.